The van der Waals surface area contributed by atoms with Gasteiger partial charge in [0.25, 0.3) is 0 Å². The minimum atomic E-state index is -0.465. The van der Waals surface area contributed by atoms with E-state index in [2.05, 4.69) is 31.4 Å². The zero-order valence-electron chi connectivity index (χ0n) is 17.9. The van der Waals surface area contributed by atoms with E-state index < -0.39 is 5.82 Å². The molecular weight excluding hydrogens is 391 g/mol. The second kappa shape index (κ2) is 7.73. The van der Waals surface area contributed by atoms with Gasteiger partial charge in [-0.2, -0.15) is 5.10 Å². The van der Waals surface area contributed by atoms with E-state index in [0.717, 1.165) is 11.3 Å². The number of hydrogen-bond acceptors (Lipinski definition) is 3. The molecule has 0 saturated carbocycles. The van der Waals surface area contributed by atoms with Crippen LogP contribution in [-0.4, -0.2) is 27.3 Å². The number of nitrogens with one attached hydrogen (secondary N) is 2. The number of benzene rings is 1. The first kappa shape index (κ1) is 21.8. The van der Waals surface area contributed by atoms with Crippen LogP contribution in [0.2, 0.25) is 5.02 Å². The second-order valence-electron chi connectivity index (χ2n) is 9.81. The van der Waals surface area contributed by atoms with Crippen LogP contribution in [-0.2, 0) is 10.3 Å². The topological polar surface area (TPSA) is 59.0 Å². The van der Waals surface area contributed by atoms with Gasteiger partial charge in [0.1, 0.15) is 5.82 Å². The van der Waals surface area contributed by atoms with Gasteiger partial charge in [0, 0.05) is 23.7 Å². The third-order valence-electron chi connectivity index (χ3n) is 5.07. The van der Waals surface area contributed by atoms with Crippen LogP contribution in [0.25, 0.3) is 0 Å². The molecule has 3 atom stereocenters. The Morgan fingerprint density at radius 1 is 1.24 bits per heavy atom. The fraction of sp³-hybridized carbons (Fsp3) is 0.545. The van der Waals surface area contributed by atoms with Crippen molar-refractivity contribution in [2.24, 2.45) is 0 Å². The molecule has 0 spiro atoms. The first-order valence-electron chi connectivity index (χ1n) is 9.94. The van der Waals surface area contributed by atoms with Crippen LogP contribution in [0.4, 0.5) is 4.39 Å². The number of amides is 1. The lowest BCUT2D eigenvalue weighted by Gasteiger charge is -2.23. The molecule has 3 rings (SSSR count). The zero-order chi connectivity index (χ0) is 21.6. The number of nitrogens with zero attached hydrogens (tertiary/aromatic N) is 2. The van der Waals surface area contributed by atoms with Gasteiger partial charge in [0.2, 0.25) is 5.91 Å². The Hall–Kier alpha value is -1.92. The van der Waals surface area contributed by atoms with Crippen molar-refractivity contribution in [2.45, 2.75) is 77.0 Å². The number of aromatic nitrogens is 2. The average Bonchev–Trinajstić information content (AvgIpc) is 3.21. The van der Waals surface area contributed by atoms with Crippen molar-refractivity contribution >= 4 is 17.5 Å². The third-order valence-corrected chi connectivity index (χ3v) is 5.37. The summed E-state index contributed by atoms with van der Waals surface area (Å²) in [4.78, 5) is 12.8. The molecule has 2 N–H and O–H groups in total. The summed E-state index contributed by atoms with van der Waals surface area (Å²) >= 11 is 5.87. The van der Waals surface area contributed by atoms with Crippen molar-refractivity contribution < 1.29 is 9.18 Å². The van der Waals surface area contributed by atoms with Crippen LogP contribution in [0.3, 0.4) is 0 Å². The van der Waals surface area contributed by atoms with Gasteiger partial charge in [-0.25, -0.2) is 4.39 Å². The Kier molecular flexibility index (Phi) is 5.80. The van der Waals surface area contributed by atoms with Gasteiger partial charge >= 0.3 is 0 Å². The van der Waals surface area contributed by atoms with Crippen LogP contribution in [0, 0.1) is 5.82 Å². The highest BCUT2D eigenvalue weighted by Crippen LogP contribution is 2.40. The van der Waals surface area contributed by atoms with Gasteiger partial charge in [0.15, 0.2) is 0 Å². The second-order valence-corrected chi connectivity index (χ2v) is 10.2. The molecule has 7 heteroatoms. The van der Waals surface area contributed by atoms with E-state index in [1.54, 1.807) is 12.1 Å². The van der Waals surface area contributed by atoms with E-state index in [9.17, 15) is 9.18 Å². The third kappa shape index (κ3) is 4.98. The number of halogens is 2. The predicted molar refractivity (Wildman–Crippen MR) is 114 cm³/mol. The minimum Gasteiger partial charge on any atom is -0.350 e. The van der Waals surface area contributed by atoms with E-state index in [0.29, 0.717) is 6.42 Å². The molecule has 0 radical (unpaired) electrons. The van der Waals surface area contributed by atoms with Crippen molar-refractivity contribution in [2.75, 3.05) is 0 Å². The van der Waals surface area contributed by atoms with Crippen molar-refractivity contribution in [1.82, 2.24) is 20.4 Å². The fourth-order valence-corrected chi connectivity index (χ4v) is 3.78. The maximum atomic E-state index is 14.1. The summed E-state index contributed by atoms with van der Waals surface area (Å²) in [5.74, 6) is -0.586. The maximum Gasteiger partial charge on any atom is 0.237 e. The molecule has 1 aliphatic rings. The summed E-state index contributed by atoms with van der Waals surface area (Å²) in [6.07, 6.45) is 2.54. The Labute approximate surface area is 177 Å². The molecule has 1 saturated heterocycles. The monoisotopic (exact) mass is 420 g/mol. The normalized spacial score (nSPS) is 22.7. The van der Waals surface area contributed by atoms with E-state index in [1.165, 1.54) is 6.07 Å². The molecule has 0 aliphatic carbocycles. The Bertz CT molecular complexity index is 897. The van der Waals surface area contributed by atoms with Gasteiger partial charge in [-0.3, -0.25) is 14.8 Å². The van der Waals surface area contributed by atoms with Gasteiger partial charge < -0.3 is 5.32 Å². The zero-order valence-corrected chi connectivity index (χ0v) is 18.6. The molecule has 0 bridgehead atoms. The minimum absolute atomic E-state index is 0.0603. The standard InChI is InChI=1S/C22H30ClFN4O/c1-21(2,3)26-20(29)18-12-14(17-9-10-28(27-17)22(4,5)6)19(25-18)13-7-8-15(23)16(24)11-13/h7-11,14,18-19,25H,12H2,1-6H3,(H,26,29)/t14-,18-,19-/m0/s1. The molecule has 1 aromatic heterocycles. The SMILES string of the molecule is CC(C)(C)NC(=O)[C@@H]1C[C@@H](c2ccn(C(C)(C)C)n2)[C@H](c2ccc(Cl)c(F)c2)N1. The lowest BCUT2D eigenvalue weighted by Crippen LogP contribution is -2.48. The van der Waals surface area contributed by atoms with Gasteiger partial charge in [0.05, 0.1) is 22.3 Å². The molecular formula is C22H30ClFN4O. The van der Waals surface area contributed by atoms with E-state index >= 15 is 0 Å². The molecule has 1 amide bonds. The highest BCUT2D eigenvalue weighted by atomic mass is 35.5. The quantitative estimate of drug-likeness (QED) is 0.766. The fourth-order valence-electron chi connectivity index (χ4n) is 3.67. The lowest BCUT2D eigenvalue weighted by molar-refractivity contribution is -0.124. The smallest absolute Gasteiger partial charge is 0.237 e. The molecule has 0 unspecified atom stereocenters. The molecule has 1 aromatic carbocycles. The van der Waals surface area contributed by atoms with Crippen LogP contribution < -0.4 is 10.6 Å². The number of hydrogen-bond donors (Lipinski definition) is 2. The van der Waals surface area contributed by atoms with Crippen LogP contribution >= 0.6 is 11.6 Å². The van der Waals surface area contributed by atoms with E-state index in [4.69, 9.17) is 16.7 Å². The summed E-state index contributed by atoms with van der Waals surface area (Å²) in [5.41, 5.74) is 1.17. The first-order valence-corrected chi connectivity index (χ1v) is 10.3. The summed E-state index contributed by atoms with van der Waals surface area (Å²) in [6.45, 7) is 12.1. The van der Waals surface area contributed by atoms with Crippen molar-refractivity contribution in [3.05, 3.63) is 52.6 Å². The summed E-state index contributed by atoms with van der Waals surface area (Å²) in [6, 6.07) is 6.17. The van der Waals surface area contributed by atoms with Gasteiger partial charge in [-0.15, -0.1) is 0 Å². The Balaban J connectivity index is 1.94. The number of rotatable bonds is 3. The van der Waals surface area contributed by atoms with Crippen LogP contribution in [0.15, 0.2) is 30.5 Å². The van der Waals surface area contributed by atoms with Gasteiger partial charge in [-0.05, 0) is 71.7 Å². The molecule has 5 nitrogen and oxygen atoms in total. The highest BCUT2D eigenvalue weighted by molar-refractivity contribution is 6.30. The van der Waals surface area contributed by atoms with Gasteiger partial charge in [-0.1, -0.05) is 17.7 Å². The summed E-state index contributed by atoms with van der Waals surface area (Å²) < 4.78 is 16.1. The van der Waals surface area contributed by atoms with E-state index in [-0.39, 0.29) is 40.0 Å². The summed E-state index contributed by atoms with van der Waals surface area (Å²) in [7, 11) is 0. The summed E-state index contributed by atoms with van der Waals surface area (Å²) in [5, 5.41) is 11.3. The molecule has 158 valence electrons. The number of carbonyl (C=O) groups is 1. The van der Waals surface area contributed by atoms with E-state index in [1.807, 2.05) is 37.7 Å². The lowest BCUT2D eigenvalue weighted by atomic mass is 9.90. The van der Waals surface area contributed by atoms with Crippen molar-refractivity contribution in [3.8, 4) is 0 Å². The molecule has 1 fully saturated rings. The average molecular weight is 421 g/mol. The van der Waals surface area contributed by atoms with Crippen LogP contribution in [0.5, 0.6) is 0 Å². The van der Waals surface area contributed by atoms with Crippen LogP contribution in [0.1, 0.15) is 71.2 Å². The Morgan fingerprint density at radius 2 is 1.93 bits per heavy atom. The van der Waals surface area contributed by atoms with Crippen molar-refractivity contribution in [1.29, 1.82) is 0 Å². The van der Waals surface area contributed by atoms with Crippen molar-refractivity contribution in [3.63, 3.8) is 0 Å². The highest BCUT2D eigenvalue weighted by Gasteiger charge is 2.41. The predicted octanol–water partition coefficient (Wildman–Crippen LogP) is 4.53. The molecule has 2 heterocycles. The maximum absolute atomic E-state index is 14.1. The molecule has 1 aliphatic heterocycles. The molecule has 29 heavy (non-hydrogen) atoms. The largest absolute Gasteiger partial charge is 0.350 e. The Morgan fingerprint density at radius 3 is 2.48 bits per heavy atom. The first-order chi connectivity index (χ1) is 13.3. The number of carbonyl (C=O) groups excluding carboxylic acids is 1. The molecule has 2 aromatic rings.